The predicted molar refractivity (Wildman–Crippen MR) is 102 cm³/mol. The van der Waals surface area contributed by atoms with Gasteiger partial charge in [0.05, 0.1) is 0 Å². The summed E-state index contributed by atoms with van der Waals surface area (Å²) in [6.07, 6.45) is 4.52. The molecule has 0 heterocycles. The van der Waals surface area contributed by atoms with Crippen LogP contribution in [0.25, 0.3) is 5.57 Å². The Balaban J connectivity index is 2.12. The summed E-state index contributed by atoms with van der Waals surface area (Å²) in [5.41, 5.74) is 6.39. The number of carbonyl (C=O) groups is 1. The lowest BCUT2D eigenvalue weighted by atomic mass is 9.93. The van der Waals surface area contributed by atoms with Gasteiger partial charge in [-0.3, -0.25) is 4.79 Å². The summed E-state index contributed by atoms with van der Waals surface area (Å²) in [4.78, 5) is 14.8. The van der Waals surface area contributed by atoms with Gasteiger partial charge in [-0.1, -0.05) is 32.4 Å². The molecule has 1 aliphatic rings. The molecule has 0 saturated carbocycles. The number of nitrogens with one attached hydrogen (secondary N) is 1. The third-order valence-electron chi connectivity index (χ3n) is 5.17. The van der Waals surface area contributed by atoms with Crippen molar-refractivity contribution in [1.29, 1.82) is 0 Å². The van der Waals surface area contributed by atoms with E-state index in [-0.39, 0.29) is 5.91 Å². The maximum Gasteiger partial charge on any atom is 0.251 e. The van der Waals surface area contributed by atoms with Crippen molar-refractivity contribution in [2.24, 2.45) is 0 Å². The average Bonchev–Trinajstić information content (AvgIpc) is 2.75. The van der Waals surface area contributed by atoms with Crippen LogP contribution in [0.15, 0.2) is 23.8 Å². The minimum atomic E-state index is 0.0438. The zero-order valence-corrected chi connectivity index (χ0v) is 15.7. The zero-order chi connectivity index (χ0) is 17.5. The Morgan fingerprint density at radius 2 is 1.92 bits per heavy atom. The van der Waals surface area contributed by atoms with Crippen LogP contribution in [-0.2, 0) is 6.42 Å². The zero-order valence-electron chi connectivity index (χ0n) is 15.7. The van der Waals surface area contributed by atoms with E-state index in [9.17, 15) is 4.79 Å². The largest absolute Gasteiger partial charge is 0.351 e. The van der Waals surface area contributed by atoms with Crippen molar-refractivity contribution >= 4 is 11.5 Å². The molecular weight excluding hydrogens is 296 g/mol. The Morgan fingerprint density at radius 1 is 1.17 bits per heavy atom. The van der Waals surface area contributed by atoms with Gasteiger partial charge in [0.25, 0.3) is 5.91 Å². The number of amides is 1. The van der Waals surface area contributed by atoms with Crippen LogP contribution in [0.1, 0.15) is 68.4 Å². The maximum atomic E-state index is 12.5. The molecule has 0 fully saturated rings. The summed E-state index contributed by atoms with van der Waals surface area (Å²) in [6, 6.07) is 6.25. The first-order chi connectivity index (χ1) is 11.6. The van der Waals surface area contributed by atoms with E-state index in [0.717, 1.165) is 38.0 Å². The SMILES string of the molecule is CCC1=C(C)CCCc2ccc(C(=O)NCCN(CC)CC)cc21. The molecule has 132 valence electrons. The molecule has 0 unspecified atom stereocenters. The normalized spacial score (nSPS) is 14.5. The van der Waals surface area contributed by atoms with Crippen molar-refractivity contribution in [3.05, 3.63) is 40.5 Å². The van der Waals surface area contributed by atoms with Crippen molar-refractivity contribution in [2.75, 3.05) is 26.2 Å². The molecule has 0 bridgehead atoms. The maximum absolute atomic E-state index is 12.5. The van der Waals surface area contributed by atoms with Crippen LogP contribution in [0.2, 0.25) is 0 Å². The van der Waals surface area contributed by atoms with Crippen LogP contribution in [-0.4, -0.2) is 37.0 Å². The molecule has 0 aromatic heterocycles. The monoisotopic (exact) mass is 328 g/mol. The molecule has 0 atom stereocenters. The van der Waals surface area contributed by atoms with Crippen LogP contribution in [0, 0.1) is 0 Å². The Hall–Kier alpha value is -1.61. The summed E-state index contributed by atoms with van der Waals surface area (Å²) < 4.78 is 0. The number of allylic oxidation sites excluding steroid dienone is 2. The van der Waals surface area contributed by atoms with Gasteiger partial charge in [-0.2, -0.15) is 0 Å². The molecule has 24 heavy (non-hydrogen) atoms. The first kappa shape index (κ1) is 18.7. The summed E-state index contributed by atoms with van der Waals surface area (Å²) in [5, 5.41) is 3.07. The van der Waals surface area contributed by atoms with Crippen LogP contribution >= 0.6 is 0 Å². The molecule has 0 aliphatic heterocycles. The minimum Gasteiger partial charge on any atom is -0.351 e. The lowest BCUT2D eigenvalue weighted by molar-refractivity contribution is 0.0949. The van der Waals surface area contributed by atoms with Crippen LogP contribution in [0.4, 0.5) is 0 Å². The van der Waals surface area contributed by atoms with Crippen LogP contribution < -0.4 is 5.32 Å². The quantitative estimate of drug-likeness (QED) is 0.810. The van der Waals surface area contributed by atoms with Gasteiger partial charge in [0.1, 0.15) is 0 Å². The van der Waals surface area contributed by atoms with E-state index in [0.29, 0.717) is 6.54 Å². The first-order valence-electron chi connectivity index (χ1n) is 9.43. The minimum absolute atomic E-state index is 0.0438. The molecule has 1 N–H and O–H groups in total. The van der Waals surface area contributed by atoms with Gasteiger partial charge >= 0.3 is 0 Å². The number of hydrogen-bond acceptors (Lipinski definition) is 2. The van der Waals surface area contributed by atoms with E-state index in [1.165, 1.54) is 35.1 Å². The second kappa shape index (κ2) is 9.03. The number of aryl methyl sites for hydroxylation is 1. The number of carbonyl (C=O) groups excluding carboxylic acids is 1. The topological polar surface area (TPSA) is 32.3 Å². The van der Waals surface area contributed by atoms with Crippen LogP contribution in [0.3, 0.4) is 0 Å². The molecule has 1 aliphatic carbocycles. The molecule has 1 aromatic carbocycles. The number of fused-ring (bicyclic) bond motifs is 1. The molecule has 0 saturated heterocycles. The average molecular weight is 329 g/mol. The van der Waals surface area contributed by atoms with Gasteiger partial charge < -0.3 is 10.2 Å². The molecule has 1 amide bonds. The van der Waals surface area contributed by atoms with Gasteiger partial charge in [0, 0.05) is 18.7 Å². The molecule has 3 heteroatoms. The predicted octanol–water partition coefficient (Wildman–Crippen LogP) is 4.28. The van der Waals surface area contributed by atoms with Crippen LogP contribution in [0.5, 0.6) is 0 Å². The van der Waals surface area contributed by atoms with Crippen molar-refractivity contribution < 1.29 is 4.79 Å². The van der Waals surface area contributed by atoms with E-state index < -0.39 is 0 Å². The van der Waals surface area contributed by atoms with Crippen molar-refractivity contribution in [3.63, 3.8) is 0 Å². The number of hydrogen-bond donors (Lipinski definition) is 1. The Morgan fingerprint density at radius 3 is 2.58 bits per heavy atom. The molecular formula is C21H32N2O. The van der Waals surface area contributed by atoms with Gasteiger partial charge in [0.15, 0.2) is 0 Å². The fraction of sp³-hybridized carbons (Fsp3) is 0.571. The highest BCUT2D eigenvalue weighted by Gasteiger charge is 2.16. The highest BCUT2D eigenvalue weighted by Crippen LogP contribution is 2.32. The summed E-state index contributed by atoms with van der Waals surface area (Å²) in [7, 11) is 0. The van der Waals surface area contributed by atoms with E-state index in [2.05, 4.69) is 50.0 Å². The van der Waals surface area contributed by atoms with Gasteiger partial charge in [-0.05, 0) is 74.5 Å². The fourth-order valence-corrected chi connectivity index (χ4v) is 3.60. The van der Waals surface area contributed by atoms with Gasteiger partial charge in [-0.15, -0.1) is 0 Å². The highest BCUT2D eigenvalue weighted by molar-refractivity contribution is 5.95. The highest BCUT2D eigenvalue weighted by atomic mass is 16.1. The summed E-state index contributed by atoms with van der Waals surface area (Å²) in [5.74, 6) is 0.0438. The van der Waals surface area contributed by atoms with Crippen molar-refractivity contribution in [1.82, 2.24) is 10.2 Å². The third kappa shape index (κ3) is 4.47. The molecule has 1 aromatic rings. The van der Waals surface area contributed by atoms with E-state index >= 15 is 0 Å². The van der Waals surface area contributed by atoms with E-state index in [4.69, 9.17) is 0 Å². The lowest BCUT2D eigenvalue weighted by Gasteiger charge is -2.18. The smallest absolute Gasteiger partial charge is 0.251 e. The molecule has 0 spiro atoms. The fourth-order valence-electron chi connectivity index (χ4n) is 3.60. The van der Waals surface area contributed by atoms with Gasteiger partial charge in [-0.25, -0.2) is 0 Å². The van der Waals surface area contributed by atoms with E-state index in [1.54, 1.807) is 0 Å². The molecule has 2 rings (SSSR count). The summed E-state index contributed by atoms with van der Waals surface area (Å²) in [6.45, 7) is 12.4. The Labute approximate surface area is 147 Å². The lowest BCUT2D eigenvalue weighted by Crippen LogP contribution is -2.34. The first-order valence-corrected chi connectivity index (χ1v) is 9.43. The third-order valence-corrected chi connectivity index (χ3v) is 5.17. The second-order valence-corrected chi connectivity index (χ2v) is 6.62. The number of rotatable bonds is 7. The Kier molecular flexibility index (Phi) is 7.04. The van der Waals surface area contributed by atoms with E-state index in [1.807, 2.05) is 6.07 Å². The standard InChI is InChI=1S/C21H32N2O/c1-5-19-16(4)9-8-10-17-11-12-18(15-20(17)19)21(24)22-13-14-23(6-2)7-3/h11-12,15H,5-10,13-14H2,1-4H3,(H,22,24). The molecule has 0 radical (unpaired) electrons. The Bertz CT molecular complexity index is 600. The summed E-state index contributed by atoms with van der Waals surface area (Å²) >= 11 is 0. The van der Waals surface area contributed by atoms with Crippen molar-refractivity contribution in [3.8, 4) is 0 Å². The number of likely N-dealkylation sites (N-methyl/N-ethyl adjacent to an activating group) is 1. The number of benzene rings is 1. The molecule has 3 nitrogen and oxygen atoms in total. The second-order valence-electron chi connectivity index (χ2n) is 6.62. The van der Waals surface area contributed by atoms with Gasteiger partial charge in [0.2, 0.25) is 0 Å². The number of nitrogens with zero attached hydrogens (tertiary/aromatic N) is 1. The van der Waals surface area contributed by atoms with Crippen molar-refractivity contribution in [2.45, 2.75) is 53.4 Å².